The van der Waals surface area contributed by atoms with E-state index in [9.17, 15) is 14.0 Å². The minimum atomic E-state index is -0.593. The smallest absolute Gasteiger partial charge is 0.414 e. The van der Waals surface area contributed by atoms with Gasteiger partial charge in [0.2, 0.25) is 5.91 Å². The Morgan fingerprint density at radius 1 is 1.48 bits per heavy atom. The van der Waals surface area contributed by atoms with Crippen molar-refractivity contribution in [1.82, 2.24) is 15.1 Å². The number of rotatable bonds is 5. The van der Waals surface area contributed by atoms with Crippen molar-refractivity contribution in [3.63, 3.8) is 0 Å². The molecule has 1 saturated heterocycles. The van der Waals surface area contributed by atoms with E-state index in [1.807, 2.05) is 0 Å². The Labute approximate surface area is 142 Å². The Kier molecular flexibility index (Phi) is 4.66. The van der Waals surface area contributed by atoms with Crippen LogP contribution in [0.4, 0.5) is 14.9 Å². The topological polar surface area (TPSA) is 96.7 Å². The SMILES string of the molecule is CC(=O)NC[C@H]1CN(c2ccc(-n3ccc(CO)n3)c(F)c2)C(=O)O1. The fourth-order valence-corrected chi connectivity index (χ4v) is 2.53. The molecule has 2 heterocycles. The number of hydrogen-bond acceptors (Lipinski definition) is 5. The number of benzene rings is 1. The molecule has 9 heteroatoms. The first-order valence-corrected chi connectivity index (χ1v) is 7.66. The second-order valence-corrected chi connectivity index (χ2v) is 5.60. The molecule has 3 rings (SSSR count). The lowest BCUT2D eigenvalue weighted by molar-refractivity contribution is -0.119. The summed E-state index contributed by atoms with van der Waals surface area (Å²) in [5.74, 6) is -0.783. The van der Waals surface area contributed by atoms with Crippen LogP contribution in [-0.4, -0.2) is 46.1 Å². The Balaban J connectivity index is 1.76. The van der Waals surface area contributed by atoms with Crippen molar-refractivity contribution in [2.45, 2.75) is 19.6 Å². The van der Waals surface area contributed by atoms with Gasteiger partial charge in [0.1, 0.15) is 11.8 Å². The van der Waals surface area contributed by atoms with Crippen LogP contribution in [0.15, 0.2) is 30.5 Å². The lowest BCUT2D eigenvalue weighted by atomic mass is 10.2. The number of aromatic nitrogens is 2. The summed E-state index contributed by atoms with van der Waals surface area (Å²) in [6.45, 7) is 1.56. The molecule has 0 unspecified atom stereocenters. The minimum Gasteiger partial charge on any atom is -0.442 e. The quantitative estimate of drug-likeness (QED) is 0.839. The van der Waals surface area contributed by atoms with Crippen LogP contribution < -0.4 is 10.2 Å². The van der Waals surface area contributed by atoms with E-state index in [0.717, 1.165) is 0 Å². The lowest BCUT2D eigenvalue weighted by Gasteiger charge is -2.14. The predicted molar refractivity (Wildman–Crippen MR) is 85.7 cm³/mol. The molecule has 1 fully saturated rings. The number of hydrogen-bond donors (Lipinski definition) is 2. The summed E-state index contributed by atoms with van der Waals surface area (Å²) >= 11 is 0. The Hall–Kier alpha value is -2.94. The highest BCUT2D eigenvalue weighted by Gasteiger charge is 2.32. The molecule has 1 aromatic carbocycles. The van der Waals surface area contributed by atoms with Gasteiger partial charge in [0.05, 0.1) is 31.1 Å². The van der Waals surface area contributed by atoms with Gasteiger partial charge in [-0.2, -0.15) is 5.10 Å². The molecule has 1 aliphatic heterocycles. The molecule has 1 aliphatic rings. The third-order valence-electron chi connectivity index (χ3n) is 3.75. The molecule has 2 aromatic rings. The summed E-state index contributed by atoms with van der Waals surface area (Å²) in [5.41, 5.74) is 0.976. The minimum absolute atomic E-state index is 0.200. The number of nitrogens with one attached hydrogen (secondary N) is 1. The van der Waals surface area contributed by atoms with Gasteiger partial charge in [-0.05, 0) is 24.3 Å². The predicted octanol–water partition coefficient (Wildman–Crippen LogP) is 0.965. The van der Waals surface area contributed by atoms with Gasteiger partial charge in [0.15, 0.2) is 5.82 Å². The van der Waals surface area contributed by atoms with Gasteiger partial charge in [-0.3, -0.25) is 9.69 Å². The van der Waals surface area contributed by atoms with E-state index in [1.165, 1.54) is 34.8 Å². The van der Waals surface area contributed by atoms with Gasteiger partial charge < -0.3 is 15.2 Å². The third-order valence-corrected chi connectivity index (χ3v) is 3.75. The number of aliphatic hydroxyl groups excluding tert-OH is 1. The van der Waals surface area contributed by atoms with Gasteiger partial charge in [-0.15, -0.1) is 0 Å². The Morgan fingerprint density at radius 2 is 2.28 bits per heavy atom. The zero-order chi connectivity index (χ0) is 18.0. The van der Waals surface area contributed by atoms with Crippen LogP contribution >= 0.6 is 0 Å². The first kappa shape index (κ1) is 16.9. The molecule has 0 aliphatic carbocycles. The van der Waals surface area contributed by atoms with Crippen molar-refractivity contribution in [1.29, 1.82) is 0 Å². The molecule has 1 aromatic heterocycles. The molecule has 2 amide bonds. The zero-order valence-electron chi connectivity index (χ0n) is 13.5. The molecule has 1 atom stereocenters. The summed E-state index contributed by atoms with van der Waals surface area (Å²) in [7, 11) is 0. The summed E-state index contributed by atoms with van der Waals surface area (Å²) in [6, 6.07) is 5.88. The van der Waals surface area contributed by atoms with Gasteiger partial charge in [0, 0.05) is 13.1 Å². The highest BCUT2D eigenvalue weighted by Crippen LogP contribution is 2.25. The standard InChI is InChI=1S/C16H17FN4O4/c1-10(23)18-7-13-8-20(16(24)25-13)12-2-3-15(14(17)6-12)21-5-4-11(9-22)19-21/h2-6,13,22H,7-9H2,1H3,(H,18,23)/t13-/m0/s1. The number of anilines is 1. The van der Waals surface area contributed by atoms with Gasteiger partial charge in [0.25, 0.3) is 0 Å². The molecular weight excluding hydrogens is 331 g/mol. The number of carbonyl (C=O) groups excluding carboxylic acids is 2. The zero-order valence-corrected chi connectivity index (χ0v) is 13.5. The number of amides is 2. The summed E-state index contributed by atoms with van der Waals surface area (Å²) in [6.07, 6.45) is 0.457. The van der Waals surface area contributed by atoms with E-state index < -0.39 is 18.0 Å². The van der Waals surface area contributed by atoms with E-state index in [-0.39, 0.29) is 31.3 Å². The molecule has 132 valence electrons. The lowest BCUT2D eigenvalue weighted by Crippen LogP contribution is -2.33. The number of cyclic esters (lactones) is 1. The van der Waals surface area contributed by atoms with E-state index in [1.54, 1.807) is 12.1 Å². The van der Waals surface area contributed by atoms with Gasteiger partial charge in [-0.25, -0.2) is 13.9 Å². The van der Waals surface area contributed by atoms with Gasteiger partial charge in [-0.1, -0.05) is 0 Å². The van der Waals surface area contributed by atoms with E-state index in [2.05, 4.69) is 10.4 Å². The largest absolute Gasteiger partial charge is 0.442 e. The first-order valence-electron chi connectivity index (χ1n) is 7.66. The van der Waals surface area contributed by atoms with Crippen LogP contribution in [0.3, 0.4) is 0 Å². The number of aliphatic hydroxyl groups is 1. The fraction of sp³-hybridized carbons (Fsp3) is 0.312. The van der Waals surface area contributed by atoms with Crippen molar-refractivity contribution in [2.75, 3.05) is 18.0 Å². The molecule has 0 spiro atoms. The Morgan fingerprint density at radius 3 is 2.92 bits per heavy atom. The van der Waals surface area contributed by atoms with Crippen molar-refractivity contribution in [3.05, 3.63) is 42.0 Å². The van der Waals surface area contributed by atoms with Crippen LogP contribution in [0.5, 0.6) is 0 Å². The van der Waals surface area contributed by atoms with Crippen molar-refractivity contribution in [3.8, 4) is 5.69 Å². The van der Waals surface area contributed by atoms with E-state index >= 15 is 0 Å². The fourth-order valence-electron chi connectivity index (χ4n) is 2.53. The Bertz CT molecular complexity index is 807. The van der Waals surface area contributed by atoms with Crippen LogP contribution in [0.2, 0.25) is 0 Å². The second-order valence-electron chi connectivity index (χ2n) is 5.60. The highest BCUT2D eigenvalue weighted by molar-refractivity contribution is 5.90. The van der Waals surface area contributed by atoms with E-state index in [4.69, 9.17) is 9.84 Å². The van der Waals surface area contributed by atoms with Crippen LogP contribution in [0.1, 0.15) is 12.6 Å². The van der Waals surface area contributed by atoms with Crippen molar-refractivity contribution < 1.29 is 23.8 Å². The maximum absolute atomic E-state index is 14.4. The summed E-state index contributed by atoms with van der Waals surface area (Å²) in [5, 5.41) is 15.6. The first-order chi connectivity index (χ1) is 12.0. The van der Waals surface area contributed by atoms with Crippen LogP contribution in [0, 0.1) is 5.82 Å². The number of ether oxygens (including phenoxy) is 1. The van der Waals surface area contributed by atoms with Crippen molar-refractivity contribution in [2.24, 2.45) is 0 Å². The molecule has 0 saturated carbocycles. The van der Waals surface area contributed by atoms with Crippen molar-refractivity contribution >= 4 is 17.7 Å². The van der Waals surface area contributed by atoms with Gasteiger partial charge >= 0.3 is 6.09 Å². The maximum atomic E-state index is 14.4. The highest BCUT2D eigenvalue weighted by atomic mass is 19.1. The summed E-state index contributed by atoms with van der Waals surface area (Å²) in [4.78, 5) is 24.2. The van der Waals surface area contributed by atoms with Crippen LogP contribution in [-0.2, 0) is 16.1 Å². The average Bonchev–Trinajstić information content (AvgIpc) is 3.19. The molecule has 0 bridgehead atoms. The molecular formula is C16H17FN4O4. The third kappa shape index (κ3) is 3.61. The number of nitrogens with zero attached hydrogens (tertiary/aromatic N) is 3. The molecule has 2 N–H and O–H groups in total. The van der Waals surface area contributed by atoms with Crippen LogP contribution in [0.25, 0.3) is 5.69 Å². The second kappa shape index (κ2) is 6.89. The average molecular weight is 348 g/mol. The van der Waals surface area contributed by atoms with E-state index in [0.29, 0.717) is 11.4 Å². The monoisotopic (exact) mass is 348 g/mol. The number of halogens is 1. The normalized spacial score (nSPS) is 16.8. The maximum Gasteiger partial charge on any atom is 0.414 e. The summed E-state index contributed by atoms with van der Waals surface area (Å²) < 4.78 is 20.9. The molecule has 25 heavy (non-hydrogen) atoms. The number of carbonyl (C=O) groups is 2. The molecule has 8 nitrogen and oxygen atoms in total. The molecule has 0 radical (unpaired) electrons.